The van der Waals surface area contributed by atoms with Gasteiger partial charge in [0, 0.05) is 44.2 Å². The molecule has 2 N–H and O–H groups in total. The van der Waals surface area contributed by atoms with Crippen LogP contribution in [0.4, 0.5) is 13.2 Å². The summed E-state index contributed by atoms with van der Waals surface area (Å²) in [6.07, 6.45) is 0.00618. The van der Waals surface area contributed by atoms with Gasteiger partial charge in [-0.3, -0.25) is 14.7 Å². The number of carboxylic acid groups (broad SMARTS) is 1. The van der Waals surface area contributed by atoms with Gasteiger partial charge in [-0.15, -0.1) is 0 Å². The minimum atomic E-state index is -5.08. The van der Waals surface area contributed by atoms with E-state index in [9.17, 15) is 18.0 Å². The van der Waals surface area contributed by atoms with Crippen LogP contribution in [0, 0.1) is 11.8 Å². The fourth-order valence-electron chi connectivity index (χ4n) is 3.69. The van der Waals surface area contributed by atoms with E-state index in [1.165, 1.54) is 12.4 Å². The maximum Gasteiger partial charge on any atom is 0.490 e. The predicted octanol–water partition coefficient (Wildman–Crippen LogP) is 1.38. The summed E-state index contributed by atoms with van der Waals surface area (Å²) in [6.45, 7) is 4.10. The van der Waals surface area contributed by atoms with Crippen LogP contribution in [-0.2, 0) is 16.1 Å². The quantitative estimate of drug-likeness (QED) is 0.698. The molecular weight excluding hydrogens is 431 g/mol. The first-order valence-electron chi connectivity index (χ1n) is 9.83. The highest BCUT2D eigenvalue weighted by Gasteiger charge is 2.43. The average molecular weight is 453 g/mol. The number of rotatable bonds is 5. The summed E-state index contributed by atoms with van der Waals surface area (Å²) in [4.78, 5) is 27.8. The van der Waals surface area contributed by atoms with Gasteiger partial charge < -0.3 is 15.2 Å². The molecule has 0 spiro atoms. The van der Waals surface area contributed by atoms with E-state index < -0.39 is 12.1 Å². The number of halogens is 3. The molecule has 4 heterocycles. The zero-order valence-electron chi connectivity index (χ0n) is 16.9. The largest absolute Gasteiger partial charge is 0.490 e. The summed E-state index contributed by atoms with van der Waals surface area (Å²) in [5.41, 5.74) is 1.62. The first-order chi connectivity index (χ1) is 15.2. The first-order valence-corrected chi connectivity index (χ1v) is 9.83. The smallest absolute Gasteiger partial charge is 0.475 e. The van der Waals surface area contributed by atoms with Crippen molar-refractivity contribution in [1.82, 2.24) is 25.4 Å². The molecule has 0 bridgehead atoms. The van der Waals surface area contributed by atoms with Crippen LogP contribution in [0.25, 0.3) is 0 Å². The number of nitrogens with zero attached hydrogens (tertiary/aromatic N) is 4. The molecule has 4 rings (SSSR count). The lowest BCUT2D eigenvalue weighted by atomic mass is 9.93. The van der Waals surface area contributed by atoms with Gasteiger partial charge in [-0.1, -0.05) is 6.07 Å². The molecule has 172 valence electrons. The van der Waals surface area contributed by atoms with Crippen molar-refractivity contribution in [3.63, 3.8) is 0 Å². The summed E-state index contributed by atoms with van der Waals surface area (Å²) in [5, 5.41) is 17.6. The number of likely N-dealkylation sites (tertiary alicyclic amines) is 1. The third kappa shape index (κ3) is 6.44. The van der Waals surface area contributed by atoms with Crippen LogP contribution in [0.3, 0.4) is 0 Å². The molecule has 32 heavy (non-hydrogen) atoms. The number of alkyl halides is 3. The van der Waals surface area contributed by atoms with E-state index in [1.807, 2.05) is 18.3 Å². The fraction of sp³-hybridized carbons (Fsp3) is 0.450. The number of amides is 1. The van der Waals surface area contributed by atoms with Gasteiger partial charge in [0.25, 0.3) is 5.91 Å². The third-order valence-electron chi connectivity index (χ3n) is 5.24. The number of hydrogen-bond acceptors (Lipinski definition) is 7. The number of carbonyl (C=O) groups is 2. The van der Waals surface area contributed by atoms with Crippen molar-refractivity contribution in [1.29, 1.82) is 0 Å². The van der Waals surface area contributed by atoms with Crippen molar-refractivity contribution in [2.75, 3.05) is 26.2 Å². The van der Waals surface area contributed by atoms with Crippen LogP contribution in [-0.4, -0.2) is 75.6 Å². The van der Waals surface area contributed by atoms with Crippen molar-refractivity contribution in [2.45, 2.75) is 18.8 Å². The van der Waals surface area contributed by atoms with Crippen LogP contribution in [0.2, 0.25) is 0 Å². The minimum Gasteiger partial charge on any atom is -0.475 e. The number of carboxylic acids is 1. The Morgan fingerprint density at radius 2 is 1.97 bits per heavy atom. The summed E-state index contributed by atoms with van der Waals surface area (Å²) in [6, 6.07) is 7.67. The number of aliphatic carboxylic acids is 1. The molecule has 3 atom stereocenters. The monoisotopic (exact) mass is 453 g/mol. The van der Waals surface area contributed by atoms with E-state index in [0.29, 0.717) is 30.6 Å². The molecule has 2 aliphatic rings. The molecule has 0 radical (unpaired) electrons. The number of aromatic nitrogens is 3. The number of fused-ring (bicyclic) bond motifs is 1. The van der Waals surface area contributed by atoms with E-state index in [0.717, 1.165) is 25.3 Å². The van der Waals surface area contributed by atoms with Crippen molar-refractivity contribution < 1.29 is 32.6 Å². The number of carbonyl (C=O) groups excluding carboxylic acids is 1. The maximum absolute atomic E-state index is 12.2. The molecule has 2 aromatic heterocycles. The second kappa shape index (κ2) is 10.5. The van der Waals surface area contributed by atoms with Gasteiger partial charge in [0.05, 0.1) is 36.4 Å². The highest BCUT2D eigenvalue weighted by molar-refractivity contribution is 5.93. The van der Waals surface area contributed by atoms with Gasteiger partial charge in [-0.25, -0.2) is 4.79 Å². The van der Waals surface area contributed by atoms with Crippen LogP contribution < -0.4 is 5.32 Å². The molecule has 2 saturated heterocycles. The molecule has 12 heteroatoms. The van der Waals surface area contributed by atoms with Crippen molar-refractivity contribution >= 4 is 11.9 Å². The average Bonchev–Trinajstić information content (AvgIpc) is 3.33. The first kappa shape index (κ1) is 23.5. The minimum absolute atomic E-state index is 0.110. The van der Waals surface area contributed by atoms with Crippen LogP contribution >= 0.6 is 0 Å². The summed E-state index contributed by atoms with van der Waals surface area (Å²) in [7, 11) is 0. The fourth-order valence-corrected chi connectivity index (χ4v) is 3.69. The lowest BCUT2D eigenvalue weighted by molar-refractivity contribution is -0.192. The SMILES string of the molecule is O=C(NC[C@@H]1CO[C@@H]2CN(Cc3ccccn3)C[C@H]12)c1ccnnc1.O=C(O)C(F)(F)F. The lowest BCUT2D eigenvalue weighted by Gasteiger charge is -2.19. The van der Waals surface area contributed by atoms with E-state index in [-0.39, 0.29) is 12.0 Å². The number of ether oxygens (including phenoxy) is 1. The Morgan fingerprint density at radius 1 is 1.19 bits per heavy atom. The van der Waals surface area contributed by atoms with Crippen LogP contribution in [0.1, 0.15) is 16.1 Å². The molecule has 0 aliphatic carbocycles. The van der Waals surface area contributed by atoms with Crippen molar-refractivity contribution in [2.24, 2.45) is 11.8 Å². The van der Waals surface area contributed by atoms with E-state index in [2.05, 4.69) is 31.5 Å². The van der Waals surface area contributed by atoms with E-state index >= 15 is 0 Å². The topological polar surface area (TPSA) is 118 Å². The molecule has 1 amide bonds. The van der Waals surface area contributed by atoms with Gasteiger partial charge in [0.15, 0.2) is 0 Å². The highest BCUT2D eigenvalue weighted by Crippen LogP contribution is 2.33. The molecule has 0 unspecified atom stereocenters. The molecule has 2 aromatic rings. The summed E-state index contributed by atoms with van der Waals surface area (Å²) < 4.78 is 37.7. The Labute approximate surface area is 181 Å². The molecular formula is C20H22F3N5O4. The van der Waals surface area contributed by atoms with Gasteiger partial charge >= 0.3 is 12.1 Å². The Morgan fingerprint density at radius 3 is 2.59 bits per heavy atom. The molecule has 2 aliphatic heterocycles. The Kier molecular flexibility index (Phi) is 7.70. The van der Waals surface area contributed by atoms with Gasteiger partial charge in [-0.2, -0.15) is 23.4 Å². The second-order valence-corrected chi connectivity index (χ2v) is 7.45. The van der Waals surface area contributed by atoms with Crippen molar-refractivity contribution in [3.05, 3.63) is 54.1 Å². The molecule has 0 aromatic carbocycles. The van der Waals surface area contributed by atoms with Gasteiger partial charge in [0.1, 0.15) is 0 Å². The zero-order chi connectivity index (χ0) is 23.1. The number of pyridine rings is 1. The molecule has 9 nitrogen and oxygen atoms in total. The van der Waals surface area contributed by atoms with Crippen LogP contribution in [0.15, 0.2) is 42.9 Å². The van der Waals surface area contributed by atoms with Crippen molar-refractivity contribution in [3.8, 4) is 0 Å². The van der Waals surface area contributed by atoms with E-state index in [4.69, 9.17) is 14.6 Å². The number of nitrogens with one attached hydrogen (secondary N) is 1. The predicted molar refractivity (Wildman–Crippen MR) is 104 cm³/mol. The molecule has 2 fully saturated rings. The van der Waals surface area contributed by atoms with Gasteiger partial charge in [0.2, 0.25) is 0 Å². The summed E-state index contributed by atoms with van der Waals surface area (Å²) in [5.74, 6) is -2.06. The Balaban J connectivity index is 0.000000360. The number of hydrogen-bond donors (Lipinski definition) is 2. The van der Waals surface area contributed by atoms with Crippen LogP contribution in [0.5, 0.6) is 0 Å². The lowest BCUT2D eigenvalue weighted by Crippen LogP contribution is -2.34. The molecule has 0 saturated carbocycles. The normalized spacial score (nSPS) is 22.5. The zero-order valence-corrected chi connectivity index (χ0v) is 16.9. The highest BCUT2D eigenvalue weighted by atomic mass is 19.4. The second-order valence-electron chi connectivity index (χ2n) is 7.45. The standard InChI is InChI=1S/C18H21N5O2.C2HF3O2/c24-18(13-4-6-21-22-8-13)20-7-14-12-25-17-11-23(10-16(14)17)9-15-3-1-2-5-19-15;3-2(4,5)1(6)7/h1-6,8,14,16-17H,7,9-12H2,(H,20,24);(H,6,7)/t14-,16-,17-;/m1./s1. The van der Waals surface area contributed by atoms with E-state index in [1.54, 1.807) is 6.07 Å². The Hall–Kier alpha value is -3.12. The van der Waals surface area contributed by atoms with Gasteiger partial charge in [-0.05, 0) is 18.2 Å². The maximum atomic E-state index is 12.2. The third-order valence-corrected chi connectivity index (χ3v) is 5.24. The Bertz CT molecular complexity index is 901. The summed E-state index contributed by atoms with van der Waals surface area (Å²) >= 11 is 0.